The normalized spacial score (nSPS) is 8.42. The first-order chi connectivity index (χ1) is 5.33. The van der Waals surface area contributed by atoms with Gasteiger partial charge in [0.2, 0.25) is 0 Å². The summed E-state index contributed by atoms with van der Waals surface area (Å²) in [6, 6.07) is 9.06. The summed E-state index contributed by atoms with van der Waals surface area (Å²) in [4.78, 5) is 10.8. The molecule has 0 radical (unpaired) electrons. The SMILES string of the molecule is CCC(=O)Oc1ccccc1.[Ca+2].[H-].[H-]. The van der Waals surface area contributed by atoms with Crippen LogP contribution >= 0.6 is 0 Å². The van der Waals surface area contributed by atoms with Gasteiger partial charge in [-0.1, -0.05) is 25.1 Å². The van der Waals surface area contributed by atoms with E-state index in [9.17, 15) is 4.79 Å². The van der Waals surface area contributed by atoms with Crippen molar-refractivity contribution in [2.24, 2.45) is 0 Å². The molecule has 0 N–H and O–H groups in total. The minimum atomic E-state index is -0.198. The molecule has 1 aromatic rings. The Hall–Kier alpha value is -0.0503. The molecule has 0 spiro atoms. The Morgan fingerprint density at radius 3 is 2.50 bits per heavy atom. The van der Waals surface area contributed by atoms with Gasteiger partial charge < -0.3 is 7.59 Å². The first-order valence-electron chi connectivity index (χ1n) is 3.58. The van der Waals surface area contributed by atoms with Crippen LogP contribution in [-0.4, -0.2) is 43.7 Å². The molecular formula is C9H12CaO2. The molecule has 0 fully saturated rings. The maximum atomic E-state index is 10.8. The van der Waals surface area contributed by atoms with Crippen molar-refractivity contribution in [3.8, 4) is 5.75 Å². The Kier molecular flexibility index (Phi) is 6.44. The van der Waals surface area contributed by atoms with Gasteiger partial charge in [-0.25, -0.2) is 0 Å². The molecule has 2 nitrogen and oxygen atoms in total. The van der Waals surface area contributed by atoms with Crippen LogP contribution in [0.3, 0.4) is 0 Å². The summed E-state index contributed by atoms with van der Waals surface area (Å²) in [5.41, 5.74) is 0. The molecule has 12 heavy (non-hydrogen) atoms. The fourth-order valence-corrected chi connectivity index (χ4v) is 0.692. The van der Waals surface area contributed by atoms with Crippen LogP contribution in [0.1, 0.15) is 16.2 Å². The summed E-state index contributed by atoms with van der Waals surface area (Å²) in [6.45, 7) is 1.77. The van der Waals surface area contributed by atoms with E-state index in [1.807, 2.05) is 18.2 Å². The van der Waals surface area contributed by atoms with Crippen LogP contribution in [0.5, 0.6) is 5.75 Å². The van der Waals surface area contributed by atoms with Crippen molar-refractivity contribution < 1.29 is 12.4 Å². The summed E-state index contributed by atoms with van der Waals surface area (Å²) in [5.74, 6) is 0.413. The van der Waals surface area contributed by atoms with Crippen molar-refractivity contribution >= 4 is 43.7 Å². The predicted octanol–water partition coefficient (Wildman–Crippen LogP) is 1.85. The molecule has 1 aromatic carbocycles. The maximum absolute atomic E-state index is 10.8. The van der Waals surface area contributed by atoms with E-state index in [1.165, 1.54) is 0 Å². The van der Waals surface area contributed by atoms with Crippen LogP contribution in [-0.2, 0) is 4.79 Å². The molecule has 0 heterocycles. The Balaban J connectivity index is -0.000000403. The summed E-state index contributed by atoms with van der Waals surface area (Å²) in [6.07, 6.45) is 0.412. The third-order valence-electron chi connectivity index (χ3n) is 1.26. The molecule has 3 heteroatoms. The van der Waals surface area contributed by atoms with E-state index in [-0.39, 0.29) is 46.6 Å². The molecular weight excluding hydrogens is 180 g/mol. The third-order valence-corrected chi connectivity index (χ3v) is 1.26. The quantitative estimate of drug-likeness (QED) is 0.406. The molecule has 1 rings (SSSR count). The predicted molar refractivity (Wildman–Crippen MR) is 50.3 cm³/mol. The van der Waals surface area contributed by atoms with Crippen molar-refractivity contribution in [3.63, 3.8) is 0 Å². The number of hydrogen-bond donors (Lipinski definition) is 0. The number of para-hydroxylation sites is 1. The zero-order chi connectivity index (χ0) is 8.10. The van der Waals surface area contributed by atoms with Crippen LogP contribution < -0.4 is 4.74 Å². The largest absolute Gasteiger partial charge is 2.00 e. The number of carbonyl (C=O) groups excluding carboxylic acids is 1. The van der Waals surface area contributed by atoms with Crippen molar-refractivity contribution in [3.05, 3.63) is 30.3 Å². The van der Waals surface area contributed by atoms with Gasteiger partial charge in [-0.05, 0) is 12.1 Å². The molecule has 0 aliphatic rings. The van der Waals surface area contributed by atoms with E-state index >= 15 is 0 Å². The van der Waals surface area contributed by atoms with E-state index in [0.29, 0.717) is 12.2 Å². The molecule has 0 atom stereocenters. The second kappa shape index (κ2) is 6.46. The van der Waals surface area contributed by atoms with Gasteiger partial charge in [-0.2, -0.15) is 0 Å². The second-order valence-corrected chi connectivity index (χ2v) is 2.14. The van der Waals surface area contributed by atoms with Crippen LogP contribution in [0, 0.1) is 0 Å². The molecule has 0 aromatic heterocycles. The van der Waals surface area contributed by atoms with E-state index in [4.69, 9.17) is 4.74 Å². The standard InChI is InChI=1S/C9H10O2.Ca.2H/c1-2-9(10)11-8-6-4-3-5-7-8;;;/h3-7H,2H2,1H3;;;/q;+2;2*-1. The molecule has 0 amide bonds. The maximum Gasteiger partial charge on any atom is 2.00 e. The van der Waals surface area contributed by atoms with Gasteiger partial charge in [0.05, 0.1) is 0 Å². The number of carbonyl (C=O) groups is 1. The fourth-order valence-electron chi connectivity index (χ4n) is 0.692. The number of hydrogen-bond acceptors (Lipinski definition) is 2. The van der Waals surface area contributed by atoms with Gasteiger partial charge in [0.15, 0.2) is 0 Å². The average molecular weight is 192 g/mol. The van der Waals surface area contributed by atoms with Crippen molar-refractivity contribution in [1.29, 1.82) is 0 Å². The zero-order valence-electron chi connectivity index (χ0n) is 9.12. The molecule has 0 bridgehead atoms. The smallest absolute Gasteiger partial charge is 1.00 e. The van der Waals surface area contributed by atoms with Crippen LogP contribution in [0.25, 0.3) is 0 Å². The number of benzene rings is 1. The van der Waals surface area contributed by atoms with E-state index in [1.54, 1.807) is 19.1 Å². The van der Waals surface area contributed by atoms with Crippen molar-refractivity contribution in [2.45, 2.75) is 13.3 Å². The fraction of sp³-hybridized carbons (Fsp3) is 0.222. The third kappa shape index (κ3) is 4.10. The first-order valence-corrected chi connectivity index (χ1v) is 3.58. The van der Waals surface area contributed by atoms with E-state index in [0.717, 1.165) is 0 Å². The van der Waals surface area contributed by atoms with Gasteiger partial charge in [0.1, 0.15) is 5.75 Å². The monoisotopic (exact) mass is 192 g/mol. The minimum Gasteiger partial charge on any atom is -1.00 e. The summed E-state index contributed by atoms with van der Waals surface area (Å²) >= 11 is 0. The molecule has 0 aliphatic heterocycles. The molecule has 0 aliphatic carbocycles. The minimum absolute atomic E-state index is 0. The number of esters is 1. The second-order valence-electron chi connectivity index (χ2n) is 2.14. The van der Waals surface area contributed by atoms with Gasteiger partial charge in [-0.3, -0.25) is 4.79 Å². The average Bonchev–Trinajstić information content (AvgIpc) is 2.06. The van der Waals surface area contributed by atoms with E-state index in [2.05, 4.69) is 0 Å². The Morgan fingerprint density at radius 2 is 2.00 bits per heavy atom. The molecule has 62 valence electrons. The van der Waals surface area contributed by atoms with Gasteiger partial charge >= 0.3 is 43.7 Å². The van der Waals surface area contributed by atoms with E-state index < -0.39 is 0 Å². The van der Waals surface area contributed by atoms with Crippen LogP contribution in [0.4, 0.5) is 0 Å². The number of ether oxygens (including phenoxy) is 1. The van der Waals surface area contributed by atoms with Crippen LogP contribution in [0.15, 0.2) is 30.3 Å². The van der Waals surface area contributed by atoms with Gasteiger partial charge in [0.25, 0.3) is 0 Å². The summed E-state index contributed by atoms with van der Waals surface area (Å²) in [5, 5.41) is 0. The Bertz CT molecular complexity index is 242. The summed E-state index contributed by atoms with van der Waals surface area (Å²) in [7, 11) is 0. The molecule has 0 saturated heterocycles. The number of rotatable bonds is 2. The van der Waals surface area contributed by atoms with Crippen molar-refractivity contribution in [2.75, 3.05) is 0 Å². The van der Waals surface area contributed by atoms with Gasteiger partial charge in [-0.15, -0.1) is 0 Å². The van der Waals surface area contributed by atoms with Crippen molar-refractivity contribution in [1.82, 2.24) is 0 Å². The van der Waals surface area contributed by atoms with Crippen LogP contribution in [0.2, 0.25) is 0 Å². The first kappa shape index (κ1) is 11.9. The Morgan fingerprint density at radius 1 is 1.42 bits per heavy atom. The topological polar surface area (TPSA) is 26.3 Å². The zero-order valence-corrected chi connectivity index (χ0v) is 9.33. The molecule has 0 saturated carbocycles. The summed E-state index contributed by atoms with van der Waals surface area (Å²) < 4.78 is 4.92. The molecule has 0 unspecified atom stereocenters. The van der Waals surface area contributed by atoms with Gasteiger partial charge in [0, 0.05) is 6.42 Å². The Labute approximate surface area is 105 Å².